The number of amides is 2. The summed E-state index contributed by atoms with van der Waals surface area (Å²) in [4.78, 5) is 25.9. The van der Waals surface area contributed by atoms with Crippen LogP contribution in [0.2, 0.25) is 0 Å². The molecule has 0 radical (unpaired) electrons. The molecule has 0 aliphatic heterocycles. The van der Waals surface area contributed by atoms with Crippen LogP contribution < -0.4 is 21.8 Å². The van der Waals surface area contributed by atoms with Crippen molar-refractivity contribution in [3.63, 3.8) is 0 Å². The van der Waals surface area contributed by atoms with E-state index in [0.717, 1.165) is 37.7 Å². The second-order valence-electron chi connectivity index (χ2n) is 4.74. The van der Waals surface area contributed by atoms with Crippen LogP contribution in [-0.4, -0.2) is 44.3 Å². The zero-order chi connectivity index (χ0) is 15.8. The third-order valence-corrected chi connectivity index (χ3v) is 3.09. The summed E-state index contributed by atoms with van der Waals surface area (Å²) in [6.07, 6.45) is 5.38. The minimum Gasteiger partial charge on any atom is -0.368 e. The fraction of sp³-hybridized carbons (Fsp3) is 0.500. The number of unbranched alkanes of at least 4 members (excludes halogenated alkanes) is 3. The normalized spacial score (nSPS) is 10.6. The molecule has 10 heteroatoms. The van der Waals surface area contributed by atoms with Crippen molar-refractivity contribution in [1.29, 1.82) is 0 Å². The Hall–Kier alpha value is -2.62. The first kappa shape index (κ1) is 15.8. The van der Waals surface area contributed by atoms with Crippen molar-refractivity contribution in [2.75, 3.05) is 24.1 Å². The molecule has 2 aromatic heterocycles. The quantitative estimate of drug-likeness (QED) is 0.237. The van der Waals surface area contributed by atoms with Crippen LogP contribution in [0, 0.1) is 0 Å². The van der Waals surface area contributed by atoms with E-state index in [1.54, 1.807) is 6.33 Å². The number of nitrogen functional groups attached to an aromatic ring is 1. The first-order valence-corrected chi connectivity index (χ1v) is 7.09. The lowest BCUT2D eigenvalue weighted by atomic mass is 10.2. The van der Waals surface area contributed by atoms with Crippen LogP contribution >= 0.6 is 0 Å². The first-order valence-electron chi connectivity index (χ1n) is 7.09. The van der Waals surface area contributed by atoms with E-state index in [0.29, 0.717) is 18.0 Å². The number of carbonyl (C=O) groups is 1. The molecule has 2 rings (SSSR count). The Morgan fingerprint density at radius 1 is 1.23 bits per heavy atom. The number of hydrogen-bond donors (Lipinski definition) is 6. The molecule has 0 saturated heterocycles. The number of hydroxylamine groups is 1. The number of rotatable bonds is 8. The van der Waals surface area contributed by atoms with Gasteiger partial charge in [0.25, 0.3) is 0 Å². The second kappa shape index (κ2) is 7.98. The molecular weight excluding hydrogens is 288 g/mol. The minimum atomic E-state index is -0.577. The Bertz CT molecular complexity index is 614. The van der Waals surface area contributed by atoms with Gasteiger partial charge in [0.15, 0.2) is 11.5 Å². The van der Waals surface area contributed by atoms with E-state index >= 15 is 0 Å². The van der Waals surface area contributed by atoms with Crippen LogP contribution in [-0.2, 0) is 0 Å². The van der Waals surface area contributed by atoms with Crippen molar-refractivity contribution in [1.82, 2.24) is 30.7 Å². The monoisotopic (exact) mass is 308 g/mol. The van der Waals surface area contributed by atoms with Gasteiger partial charge >= 0.3 is 6.03 Å². The molecule has 120 valence electrons. The Morgan fingerprint density at radius 3 is 2.77 bits per heavy atom. The zero-order valence-electron chi connectivity index (χ0n) is 12.1. The van der Waals surface area contributed by atoms with Crippen LogP contribution in [0.25, 0.3) is 11.2 Å². The largest absolute Gasteiger partial charge is 0.368 e. The number of aromatic amines is 1. The number of urea groups is 1. The third-order valence-electron chi connectivity index (χ3n) is 3.09. The lowest BCUT2D eigenvalue weighted by Crippen LogP contribution is -2.33. The summed E-state index contributed by atoms with van der Waals surface area (Å²) in [6, 6.07) is -0.577. The van der Waals surface area contributed by atoms with Crippen molar-refractivity contribution < 1.29 is 10.0 Å². The standard InChI is InChI=1S/C12H20N8O2/c13-11-18-9(8-10(19-11)17-7-16-8)14-5-3-1-2-4-6-15-12(21)20-22/h7,22H,1-6H2,(H2,15,20,21)(H4,13,14,16,17,18,19). The highest BCUT2D eigenvalue weighted by molar-refractivity contribution is 5.83. The topological polar surface area (TPSA) is 154 Å². The van der Waals surface area contributed by atoms with Crippen molar-refractivity contribution in [3.8, 4) is 0 Å². The summed E-state index contributed by atoms with van der Waals surface area (Å²) in [7, 11) is 0. The fourth-order valence-electron chi connectivity index (χ4n) is 2.03. The fourth-order valence-corrected chi connectivity index (χ4v) is 2.03. The number of aromatic nitrogens is 4. The second-order valence-corrected chi connectivity index (χ2v) is 4.74. The first-order chi connectivity index (χ1) is 10.7. The molecule has 10 nitrogen and oxygen atoms in total. The number of imidazole rings is 1. The number of nitrogens with one attached hydrogen (secondary N) is 4. The van der Waals surface area contributed by atoms with Gasteiger partial charge in [0, 0.05) is 13.1 Å². The van der Waals surface area contributed by atoms with Crippen LogP contribution in [0.1, 0.15) is 25.7 Å². The van der Waals surface area contributed by atoms with Crippen molar-refractivity contribution in [3.05, 3.63) is 6.33 Å². The lowest BCUT2D eigenvalue weighted by molar-refractivity contribution is 0.161. The summed E-state index contributed by atoms with van der Waals surface area (Å²) in [5, 5.41) is 14.0. The van der Waals surface area contributed by atoms with E-state index in [1.807, 2.05) is 0 Å². The average molecular weight is 308 g/mol. The van der Waals surface area contributed by atoms with Gasteiger partial charge in [-0.05, 0) is 12.8 Å². The summed E-state index contributed by atoms with van der Waals surface area (Å²) < 4.78 is 0. The van der Waals surface area contributed by atoms with Gasteiger partial charge in [-0.1, -0.05) is 12.8 Å². The van der Waals surface area contributed by atoms with Gasteiger partial charge in [-0.25, -0.2) is 15.3 Å². The van der Waals surface area contributed by atoms with E-state index in [9.17, 15) is 4.79 Å². The summed E-state index contributed by atoms with van der Waals surface area (Å²) in [5.41, 5.74) is 8.44. The predicted molar refractivity (Wildman–Crippen MR) is 81.4 cm³/mol. The van der Waals surface area contributed by atoms with Gasteiger partial charge in [-0.15, -0.1) is 0 Å². The Labute approximate surface area is 126 Å². The lowest BCUT2D eigenvalue weighted by Gasteiger charge is -2.07. The molecule has 0 spiro atoms. The van der Waals surface area contributed by atoms with Gasteiger partial charge < -0.3 is 21.4 Å². The molecule has 2 heterocycles. The molecule has 0 unspecified atom stereocenters. The SMILES string of the molecule is Nc1nc(NCCCCCCNC(=O)NO)c2[nH]cnc2n1. The summed E-state index contributed by atoms with van der Waals surface area (Å²) in [6.45, 7) is 1.30. The Morgan fingerprint density at radius 2 is 2.00 bits per heavy atom. The minimum absolute atomic E-state index is 0.190. The number of nitrogens with zero attached hydrogens (tertiary/aromatic N) is 3. The Balaban J connectivity index is 1.64. The van der Waals surface area contributed by atoms with Crippen LogP contribution in [0.15, 0.2) is 6.33 Å². The molecule has 0 aliphatic carbocycles. The van der Waals surface area contributed by atoms with E-state index in [-0.39, 0.29) is 5.95 Å². The molecule has 2 aromatic rings. The van der Waals surface area contributed by atoms with Crippen molar-refractivity contribution in [2.45, 2.75) is 25.7 Å². The third kappa shape index (κ3) is 4.45. The number of anilines is 2. The molecule has 0 fully saturated rings. The smallest absolute Gasteiger partial charge is 0.338 e. The van der Waals surface area contributed by atoms with Crippen molar-refractivity contribution in [2.24, 2.45) is 0 Å². The highest BCUT2D eigenvalue weighted by Crippen LogP contribution is 2.17. The summed E-state index contributed by atoms with van der Waals surface area (Å²) >= 11 is 0. The highest BCUT2D eigenvalue weighted by Gasteiger charge is 2.07. The number of fused-ring (bicyclic) bond motifs is 1. The molecule has 22 heavy (non-hydrogen) atoms. The van der Waals surface area contributed by atoms with Gasteiger partial charge in [0.2, 0.25) is 5.95 Å². The molecule has 0 atom stereocenters. The van der Waals surface area contributed by atoms with E-state index in [2.05, 4.69) is 30.6 Å². The Kier molecular flexibility index (Phi) is 5.72. The molecule has 0 bridgehead atoms. The van der Waals surface area contributed by atoms with Gasteiger partial charge in [0.05, 0.1) is 6.33 Å². The maximum Gasteiger partial charge on any atom is 0.338 e. The maximum absolute atomic E-state index is 10.7. The van der Waals surface area contributed by atoms with Crippen molar-refractivity contribution >= 4 is 29.0 Å². The zero-order valence-corrected chi connectivity index (χ0v) is 12.1. The van der Waals surface area contributed by atoms with Crippen LogP contribution in [0.3, 0.4) is 0 Å². The molecular formula is C12H20N8O2. The number of hydrogen-bond acceptors (Lipinski definition) is 7. The van der Waals surface area contributed by atoms with E-state index < -0.39 is 6.03 Å². The van der Waals surface area contributed by atoms with Crippen LogP contribution in [0.5, 0.6) is 0 Å². The van der Waals surface area contributed by atoms with Gasteiger partial charge in [-0.3, -0.25) is 5.21 Å². The van der Waals surface area contributed by atoms with Gasteiger partial charge in [0.1, 0.15) is 5.52 Å². The average Bonchev–Trinajstić information content (AvgIpc) is 2.97. The van der Waals surface area contributed by atoms with Crippen LogP contribution in [0.4, 0.5) is 16.6 Å². The number of H-pyrrole nitrogens is 1. The summed E-state index contributed by atoms with van der Waals surface area (Å²) in [5.74, 6) is 0.844. The molecule has 0 aromatic carbocycles. The maximum atomic E-state index is 10.7. The molecule has 0 saturated carbocycles. The molecule has 0 aliphatic rings. The number of carbonyl (C=O) groups excluding carboxylic acids is 1. The van der Waals surface area contributed by atoms with E-state index in [1.165, 1.54) is 5.48 Å². The van der Waals surface area contributed by atoms with E-state index in [4.69, 9.17) is 10.9 Å². The predicted octanol–water partition coefficient (Wildman–Crippen LogP) is 0.596. The number of nitrogens with two attached hydrogens (primary N) is 1. The molecule has 2 amide bonds. The molecule has 7 N–H and O–H groups in total. The highest BCUT2D eigenvalue weighted by atomic mass is 16.5. The van der Waals surface area contributed by atoms with Gasteiger partial charge in [-0.2, -0.15) is 9.97 Å².